The molecule has 12 unspecified atom stereocenters. The lowest BCUT2D eigenvalue weighted by Crippen LogP contribution is -2.61. The Morgan fingerprint density at radius 2 is 0.920 bits per heavy atom. The van der Waals surface area contributed by atoms with E-state index in [2.05, 4.69) is 42.2 Å². The van der Waals surface area contributed by atoms with Gasteiger partial charge in [-0.15, -0.1) is 0 Å². The third-order valence-corrected chi connectivity index (χ3v) is 18.5. The number of rotatable bonds is 34. The topological polar surface area (TPSA) is 528 Å². The standard InChI is InChI=1S/C65H98N16O19/c1-34(2)30-41(53(88)71-39(22-23-50(84)85)60(95)78-26-8-13-44(78)54(89)72-40(64(99)100)12-6-24-69-65(67)68)73-55(90)45-14-9-28-80(45)62(97)43(32-51(86)87)75-56(91)46-15-10-27-79(46)61(96)42(31-37-18-20-38(82)21-19-37)74-57(92)47-16-11-29-81(47)63(98)52(35(3)4)76-58(93)48-17-7-25-77(48)59(94)36(5)70-49(83)33-66/h18-21,34-36,39-48,52,82H,6-17,22-33,66H2,1-5H3,(H,70,83)(H,71,88)(H,72,89)(H,73,90)(H,74,92)(H,75,91)(H,76,93)(H,84,85)(H,86,87)(H,99,100)(H4,67,68,69). The van der Waals surface area contributed by atoms with Crippen molar-refractivity contribution in [1.29, 1.82) is 0 Å². The summed E-state index contributed by atoms with van der Waals surface area (Å²) in [6.45, 7) is 8.24. The van der Waals surface area contributed by atoms with Crippen molar-refractivity contribution in [3.05, 3.63) is 29.8 Å². The van der Waals surface area contributed by atoms with Crippen LogP contribution < -0.4 is 54.4 Å². The molecule has 35 nitrogen and oxygen atoms in total. The van der Waals surface area contributed by atoms with Crippen molar-refractivity contribution in [3.63, 3.8) is 0 Å². The number of nitrogens with zero attached hydrogens (tertiary/aromatic N) is 6. The van der Waals surface area contributed by atoms with Gasteiger partial charge in [0.05, 0.1) is 13.0 Å². The number of carboxylic acid groups (broad SMARTS) is 3. The molecule has 5 aliphatic rings. The van der Waals surface area contributed by atoms with Crippen molar-refractivity contribution in [1.82, 2.24) is 61.7 Å². The molecule has 0 saturated carbocycles. The zero-order chi connectivity index (χ0) is 73.8. The van der Waals surface area contributed by atoms with Crippen LogP contribution in [0.5, 0.6) is 5.75 Å². The molecule has 1 aromatic carbocycles. The lowest BCUT2D eigenvalue weighted by atomic mass is 10.0. The van der Waals surface area contributed by atoms with Crippen LogP contribution in [0.3, 0.4) is 0 Å². The number of aromatic hydroxyl groups is 1. The first kappa shape index (κ1) is 79.3. The van der Waals surface area contributed by atoms with E-state index in [1.54, 1.807) is 27.7 Å². The number of carbonyl (C=O) groups excluding carboxylic acids is 12. The number of amides is 12. The summed E-state index contributed by atoms with van der Waals surface area (Å²) in [5.41, 5.74) is 16.6. The smallest absolute Gasteiger partial charge is 0.326 e. The molecule has 6 rings (SSSR count). The molecule has 35 heteroatoms. The number of hydrogen-bond donors (Lipinski definition) is 14. The summed E-state index contributed by atoms with van der Waals surface area (Å²) >= 11 is 0. The molecule has 5 heterocycles. The van der Waals surface area contributed by atoms with Crippen molar-refractivity contribution in [3.8, 4) is 5.75 Å². The highest BCUT2D eigenvalue weighted by Gasteiger charge is 2.47. The third kappa shape index (κ3) is 21.7. The Bertz CT molecular complexity index is 3220. The van der Waals surface area contributed by atoms with Crippen molar-refractivity contribution < 1.29 is 92.3 Å². The number of guanidine groups is 1. The highest BCUT2D eigenvalue weighted by atomic mass is 16.4. The number of aliphatic carboxylic acids is 3. The van der Waals surface area contributed by atoms with Gasteiger partial charge in [-0.25, -0.2) is 4.79 Å². The quantitative estimate of drug-likeness (QED) is 0.0180. The van der Waals surface area contributed by atoms with Crippen LogP contribution in [0.15, 0.2) is 29.3 Å². The fourth-order valence-electron chi connectivity index (χ4n) is 13.4. The van der Waals surface area contributed by atoms with Crippen molar-refractivity contribution in [2.24, 2.45) is 34.0 Å². The van der Waals surface area contributed by atoms with Gasteiger partial charge in [-0.1, -0.05) is 39.8 Å². The van der Waals surface area contributed by atoms with Gasteiger partial charge in [-0.3, -0.25) is 72.1 Å². The molecular weight excluding hydrogens is 1310 g/mol. The van der Waals surface area contributed by atoms with Gasteiger partial charge >= 0.3 is 17.9 Å². The normalized spacial score (nSPS) is 21.0. The summed E-state index contributed by atoms with van der Waals surface area (Å²) in [6.07, 6.45) is 0.00551. The van der Waals surface area contributed by atoms with E-state index in [4.69, 9.17) is 17.2 Å². The number of likely N-dealkylation sites (tertiary alicyclic amines) is 5. The number of carbonyl (C=O) groups is 15. The van der Waals surface area contributed by atoms with E-state index in [0.29, 0.717) is 24.8 Å². The van der Waals surface area contributed by atoms with Gasteiger partial charge < -0.3 is 99.3 Å². The largest absolute Gasteiger partial charge is 0.508 e. The molecule has 12 atom stereocenters. The first-order chi connectivity index (χ1) is 47.3. The maximum Gasteiger partial charge on any atom is 0.326 e. The second-order valence-electron chi connectivity index (χ2n) is 26.8. The monoisotopic (exact) mass is 1410 g/mol. The van der Waals surface area contributed by atoms with E-state index < -0.39 is 186 Å². The van der Waals surface area contributed by atoms with Crippen molar-refractivity contribution in [2.45, 2.75) is 216 Å². The number of aliphatic imine (C=N–C) groups is 1. The van der Waals surface area contributed by atoms with Gasteiger partial charge in [-0.05, 0) is 126 Å². The van der Waals surface area contributed by atoms with Crippen LogP contribution in [0.1, 0.15) is 143 Å². The number of carboxylic acids is 3. The zero-order valence-electron chi connectivity index (χ0n) is 57.2. The molecule has 0 spiro atoms. The predicted octanol–water partition coefficient (Wildman–Crippen LogP) is -3.56. The van der Waals surface area contributed by atoms with Crippen LogP contribution in [-0.2, 0) is 78.3 Å². The fourth-order valence-corrected chi connectivity index (χ4v) is 13.4. The molecule has 12 amide bonds. The van der Waals surface area contributed by atoms with Crippen LogP contribution in [-0.4, -0.2) is 258 Å². The predicted molar refractivity (Wildman–Crippen MR) is 355 cm³/mol. The van der Waals surface area contributed by atoms with E-state index in [1.807, 2.05) is 0 Å². The number of phenolic OH excluding ortho intramolecular Hbond substituents is 1. The summed E-state index contributed by atoms with van der Waals surface area (Å²) in [4.78, 5) is 216. The van der Waals surface area contributed by atoms with Crippen LogP contribution >= 0.6 is 0 Å². The Balaban J connectivity index is 1.14. The molecule has 0 radical (unpaired) electrons. The second kappa shape index (κ2) is 36.9. The molecule has 100 heavy (non-hydrogen) atoms. The van der Waals surface area contributed by atoms with Gasteiger partial charge in [0.25, 0.3) is 0 Å². The average Bonchev–Trinajstić information content (AvgIpc) is 1.62. The minimum atomic E-state index is -1.81. The molecule has 552 valence electrons. The zero-order valence-corrected chi connectivity index (χ0v) is 57.2. The minimum Gasteiger partial charge on any atom is -0.508 e. The van der Waals surface area contributed by atoms with E-state index >= 15 is 0 Å². The summed E-state index contributed by atoms with van der Waals surface area (Å²) in [5.74, 6) is -14.5. The minimum absolute atomic E-state index is 0.00717. The Morgan fingerprint density at radius 3 is 1.35 bits per heavy atom. The molecule has 0 bridgehead atoms. The SMILES string of the molecule is CC(C)CC(NC(=O)C1CCCN1C(=O)C(CC(=O)O)NC(=O)C1CCCN1C(=O)C(Cc1ccc(O)cc1)NC(=O)C1CCCN1C(=O)C(NC(=O)C1CCCN1C(=O)C(C)NC(=O)CN)C(C)C)C(=O)NC(CCC(=O)O)C(=O)N1CCCC1C(=O)NC(CCCN=C(N)N)C(=O)O. The van der Waals surface area contributed by atoms with Crippen molar-refractivity contribution >= 4 is 94.8 Å². The van der Waals surface area contributed by atoms with Crippen molar-refractivity contribution in [2.75, 3.05) is 45.8 Å². The lowest BCUT2D eigenvalue weighted by Gasteiger charge is -2.34. The number of nitrogens with one attached hydrogen (secondary N) is 7. The molecule has 5 fully saturated rings. The van der Waals surface area contributed by atoms with Gasteiger partial charge in [0.2, 0.25) is 70.9 Å². The number of hydrogen-bond acceptors (Lipinski definition) is 18. The van der Waals surface area contributed by atoms with Crippen LogP contribution in [0.25, 0.3) is 0 Å². The maximum atomic E-state index is 15.0. The molecule has 0 aromatic heterocycles. The number of benzene rings is 1. The maximum absolute atomic E-state index is 15.0. The number of phenols is 1. The highest BCUT2D eigenvalue weighted by Crippen LogP contribution is 2.28. The molecular formula is C65H98N16O19. The highest BCUT2D eigenvalue weighted by molar-refractivity contribution is 6.01. The second-order valence-corrected chi connectivity index (χ2v) is 26.8. The summed E-state index contributed by atoms with van der Waals surface area (Å²) in [7, 11) is 0. The molecule has 1 aromatic rings. The van der Waals surface area contributed by atoms with E-state index in [9.17, 15) is 92.3 Å². The van der Waals surface area contributed by atoms with Gasteiger partial charge in [0, 0.05) is 52.1 Å². The third-order valence-electron chi connectivity index (χ3n) is 18.5. The fraction of sp³-hybridized carbons (Fsp3) is 0.662. The molecule has 17 N–H and O–H groups in total. The van der Waals surface area contributed by atoms with Gasteiger partial charge in [0.1, 0.15) is 78.3 Å². The number of nitrogens with two attached hydrogens (primary N) is 3. The van der Waals surface area contributed by atoms with Crippen LogP contribution in [0.4, 0.5) is 0 Å². The Kier molecular flexibility index (Phi) is 29.3. The lowest BCUT2D eigenvalue weighted by molar-refractivity contribution is -0.148. The van der Waals surface area contributed by atoms with Gasteiger partial charge in [-0.2, -0.15) is 0 Å². The van der Waals surface area contributed by atoms with E-state index in [1.165, 1.54) is 45.9 Å². The van der Waals surface area contributed by atoms with Crippen LogP contribution in [0.2, 0.25) is 0 Å². The van der Waals surface area contributed by atoms with Gasteiger partial charge in [0.15, 0.2) is 5.96 Å². The van der Waals surface area contributed by atoms with E-state index in [0.717, 1.165) is 9.80 Å². The average molecular weight is 1410 g/mol. The molecule has 5 saturated heterocycles. The summed E-state index contributed by atoms with van der Waals surface area (Å²) in [5, 5.41) is 58.1. The molecule has 5 aliphatic heterocycles. The van der Waals surface area contributed by atoms with Crippen LogP contribution in [0, 0.1) is 11.8 Å². The first-order valence-corrected chi connectivity index (χ1v) is 34.2. The molecule has 0 aliphatic carbocycles. The van der Waals surface area contributed by atoms with E-state index in [-0.39, 0.29) is 134 Å². The first-order valence-electron chi connectivity index (χ1n) is 34.2. The Morgan fingerprint density at radius 1 is 0.500 bits per heavy atom. The Labute approximate surface area is 578 Å². The summed E-state index contributed by atoms with van der Waals surface area (Å²) < 4.78 is 0. The Hall–Kier alpha value is -9.70. The summed E-state index contributed by atoms with van der Waals surface area (Å²) in [6, 6.07) is -9.93.